The van der Waals surface area contributed by atoms with Crippen molar-refractivity contribution in [1.29, 1.82) is 0 Å². The van der Waals surface area contributed by atoms with Gasteiger partial charge in [0.25, 0.3) is 0 Å². The second-order valence-electron chi connectivity index (χ2n) is 3.92. The summed E-state index contributed by atoms with van der Waals surface area (Å²) in [5.41, 5.74) is 6.84. The average molecular weight is 312 g/mol. The van der Waals surface area contributed by atoms with Gasteiger partial charge in [0.15, 0.2) is 17.7 Å². The summed E-state index contributed by atoms with van der Waals surface area (Å²) >= 11 is 3.15. The number of aromatic nitrogens is 4. The van der Waals surface area contributed by atoms with Crippen LogP contribution in [0, 0.1) is 0 Å². The molecule has 8 heteroatoms. The van der Waals surface area contributed by atoms with Crippen LogP contribution in [0.4, 0.5) is 5.82 Å². The molecule has 18 heavy (non-hydrogen) atoms. The van der Waals surface area contributed by atoms with Crippen molar-refractivity contribution in [2.24, 2.45) is 0 Å². The molecule has 2 aromatic heterocycles. The van der Waals surface area contributed by atoms with Crippen molar-refractivity contribution < 1.29 is 9.84 Å². The first kappa shape index (κ1) is 11.4. The van der Waals surface area contributed by atoms with Gasteiger partial charge in [-0.25, -0.2) is 15.0 Å². The Bertz CT molecular complexity index is 626. The molecule has 0 radical (unpaired) electrons. The van der Waals surface area contributed by atoms with E-state index in [2.05, 4.69) is 30.9 Å². The van der Waals surface area contributed by atoms with Crippen LogP contribution in [0.3, 0.4) is 0 Å². The third-order valence-corrected chi connectivity index (χ3v) is 3.28. The quantitative estimate of drug-likeness (QED) is 0.812. The van der Waals surface area contributed by atoms with Gasteiger partial charge < -0.3 is 15.6 Å². The molecule has 3 rings (SSSR count). The van der Waals surface area contributed by atoms with Crippen molar-refractivity contribution in [1.82, 2.24) is 19.5 Å². The van der Waals surface area contributed by atoms with E-state index in [1.807, 2.05) is 0 Å². The first-order chi connectivity index (χ1) is 8.70. The van der Waals surface area contributed by atoms with Gasteiger partial charge in [0, 0.05) is 11.4 Å². The average Bonchev–Trinajstić information content (AvgIpc) is 2.93. The van der Waals surface area contributed by atoms with E-state index >= 15 is 0 Å². The Hall–Kier alpha value is -1.67. The van der Waals surface area contributed by atoms with Crippen molar-refractivity contribution >= 4 is 32.9 Å². The molecule has 0 aromatic carbocycles. The number of nitrogen functional groups attached to an aromatic ring is 1. The highest BCUT2D eigenvalue weighted by atomic mass is 79.9. The second kappa shape index (κ2) is 4.21. The van der Waals surface area contributed by atoms with Crippen LogP contribution < -0.4 is 5.73 Å². The fourth-order valence-electron chi connectivity index (χ4n) is 1.94. The maximum atomic E-state index is 9.77. The minimum Gasteiger partial charge on any atom is -0.471 e. The molecule has 1 saturated heterocycles. The molecular weight excluding hydrogens is 302 g/mol. The number of hydrogen-bond acceptors (Lipinski definition) is 6. The van der Waals surface area contributed by atoms with E-state index in [1.54, 1.807) is 15.9 Å². The van der Waals surface area contributed by atoms with Crippen LogP contribution in [0.5, 0.6) is 0 Å². The van der Waals surface area contributed by atoms with E-state index in [0.29, 0.717) is 29.2 Å². The summed E-state index contributed by atoms with van der Waals surface area (Å²) in [4.78, 5) is 13.7. The molecule has 1 aliphatic heterocycles. The first-order valence-electron chi connectivity index (χ1n) is 5.28. The summed E-state index contributed by atoms with van der Waals surface area (Å²) in [5, 5.41) is 9.77. The third kappa shape index (κ3) is 1.65. The SMILES string of the molecule is Nc1ncnc2c1ncn2[C@H]1C[C@H](O)/C(=C/Br)O1. The molecule has 3 N–H and O–H groups in total. The van der Waals surface area contributed by atoms with Gasteiger partial charge in [-0.05, 0) is 0 Å². The normalized spacial score (nSPS) is 25.8. The summed E-state index contributed by atoms with van der Waals surface area (Å²) in [6.45, 7) is 0. The van der Waals surface area contributed by atoms with E-state index in [1.165, 1.54) is 6.33 Å². The highest BCUT2D eigenvalue weighted by Gasteiger charge is 2.31. The fraction of sp³-hybridized carbons (Fsp3) is 0.300. The lowest BCUT2D eigenvalue weighted by Crippen LogP contribution is -2.08. The monoisotopic (exact) mass is 311 g/mol. The largest absolute Gasteiger partial charge is 0.471 e. The van der Waals surface area contributed by atoms with Gasteiger partial charge in [0.1, 0.15) is 30.0 Å². The number of hydrogen-bond donors (Lipinski definition) is 2. The number of aliphatic hydroxyl groups is 1. The zero-order chi connectivity index (χ0) is 12.7. The van der Waals surface area contributed by atoms with Crippen LogP contribution in [0.1, 0.15) is 12.6 Å². The second-order valence-corrected chi connectivity index (χ2v) is 4.38. The lowest BCUT2D eigenvalue weighted by molar-refractivity contribution is 0.101. The Labute approximate surface area is 110 Å². The fourth-order valence-corrected chi connectivity index (χ4v) is 2.35. The molecule has 1 aliphatic rings. The molecule has 2 atom stereocenters. The molecule has 0 spiro atoms. The minimum atomic E-state index is -0.633. The highest BCUT2D eigenvalue weighted by molar-refractivity contribution is 9.11. The topological polar surface area (TPSA) is 99.1 Å². The molecule has 1 fully saturated rings. The van der Waals surface area contributed by atoms with Crippen LogP contribution >= 0.6 is 15.9 Å². The number of halogens is 1. The van der Waals surface area contributed by atoms with Crippen LogP contribution in [0.15, 0.2) is 23.4 Å². The molecule has 7 nitrogen and oxygen atoms in total. The van der Waals surface area contributed by atoms with E-state index in [4.69, 9.17) is 10.5 Å². The molecule has 0 bridgehead atoms. The smallest absolute Gasteiger partial charge is 0.181 e. The van der Waals surface area contributed by atoms with Crippen molar-refractivity contribution in [3.05, 3.63) is 23.4 Å². The zero-order valence-electron chi connectivity index (χ0n) is 9.19. The summed E-state index contributed by atoms with van der Waals surface area (Å²) < 4.78 is 7.34. The number of nitrogens with zero attached hydrogens (tertiary/aromatic N) is 4. The molecule has 94 valence electrons. The number of ether oxygens (including phenoxy) is 1. The molecule has 0 amide bonds. The number of nitrogens with two attached hydrogens (primary N) is 1. The molecule has 0 aliphatic carbocycles. The number of aliphatic hydroxyl groups excluding tert-OH is 1. The number of anilines is 1. The first-order valence-corrected chi connectivity index (χ1v) is 6.20. The molecular formula is C10H10BrN5O2. The lowest BCUT2D eigenvalue weighted by Gasteiger charge is -2.11. The van der Waals surface area contributed by atoms with E-state index in [0.717, 1.165) is 0 Å². The Kier molecular flexibility index (Phi) is 2.67. The summed E-state index contributed by atoms with van der Waals surface area (Å²) in [5.74, 6) is 0.817. The van der Waals surface area contributed by atoms with Gasteiger partial charge in [-0.1, -0.05) is 15.9 Å². The number of fused-ring (bicyclic) bond motifs is 1. The van der Waals surface area contributed by atoms with E-state index in [9.17, 15) is 5.11 Å². The third-order valence-electron chi connectivity index (χ3n) is 2.83. The van der Waals surface area contributed by atoms with Crippen LogP contribution in [0.25, 0.3) is 11.2 Å². The van der Waals surface area contributed by atoms with Crippen molar-refractivity contribution in [2.75, 3.05) is 5.73 Å². The summed E-state index contributed by atoms with van der Waals surface area (Å²) in [6.07, 6.45) is 2.42. The molecule has 0 unspecified atom stereocenters. The minimum absolute atomic E-state index is 0.327. The molecule has 2 aromatic rings. The van der Waals surface area contributed by atoms with Crippen LogP contribution in [-0.4, -0.2) is 30.7 Å². The van der Waals surface area contributed by atoms with Crippen molar-refractivity contribution in [2.45, 2.75) is 18.8 Å². The number of rotatable bonds is 1. The van der Waals surface area contributed by atoms with Crippen molar-refractivity contribution in [3.63, 3.8) is 0 Å². The van der Waals surface area contributed by atoms with Gasteiger partial charge in [0.05, 0.1) is 0 Å². The Morgan fingerprint density at radius 3 is 3.06 bits per heavy atom. The highest BCUT2D eigenvalue weighted by Crippen LogP contribution is 2.33. The van der Waals surface area contributed by atoms with Crippen LogP contribution in [0.2, 0.25) is 0 Å². The van der Waals surface area contributed by atoms with Gasteiger partial charge in [0.2, 0.25) is 0 Å². The summed E-state index contributed by atoms with van der Waals surface area (Å²) in [6, 6.07) is 0. The maximum Gasteiger partial charge on any atom is 0.181 e. The molecule has 0 saturated carbocycles. The van der Waals surface area contributed by atoms with E-state index in [-0.39, 0.29) is 6.23 Å². The predicted molar refractivity (Wildman–Crippen MR) is 67.5 cm³/mol. The standard InChI is InChI=1S/C10H10BrN5O2/c11-2-6-5(17)1-7(18-6)16-4-15-8-9(12)13-3-14-10(8)16/h2-5,7,17H,1H2,(H2,12,13,14)/b6-2-/t5-,7+/m0/s1. The van der Waals surface area contributed by atoms with Crippen molar-refractivity contribution in [3.8, 4) is 0 Å². The lowest BCUT2D eigenvalue weighted by atomic mass is 10.2. The maximum absolute atomic E-state index is 9.77. The Morgan fingerprint density at radius 2 is 2.33 bits per heavy atom. The van der Waals surface area contributed by atoms with Gasteiger partial charge in [-0.2, -0.15) is 0 Å². The van der Waals surface area contributed by atoms with E-state index < -0.39 is 6.10 Å². The number of imidazole rings is 1. The van der Waals surface area contributed by atoms with Gasteiger partial charge in [-0.3, -0.25) is 4.57 Å². The Morgan fingerprint density at radius 1 is 1.50 bits per heavy atom. The van der Waals surface area contributed by atoms with Crippen LogP contribution in [-0.2, 0) is 4.74 Å². The predicted octanol–water partition coefficient (Wildman–Crippen LogP) is 0.925. The van der Waals surface area contributed by atoms with Gasteiger partial charge >= 0.3 is 0 Å². The molecule has 3 heterocycles. The summed E-state index contributed by atoms with van der Waals surface area (Å²) in [7, 11) is 0. The Balaban J connectivity index is 2.04. The van der Waals surface area contributed by atoms with Gasteiger partial charge in [-0.15, -0.1) is 0 Å². The zero-order valence-corrected chi connectivity index (χ0v) is 10.8.